The van der Waals surface area contributed by atoms with E-state index in [1.165, 1.54) is 15.9 Å². The average Bonchev–Trinajstić information content (AvgIpc) is 3.18. The third-order valence-corrected chi connectivity index (χ3v) is 7.44. The van der Waals surface area contributed by atoms with Crippen LogP contribution in [0.3, 0.4) is 0 Å². The van der Waals surface area contributed by atoms with Crippen molar-refractivity contribution in [1.29, 1.82) is 0 Å². The summed E-state index contributed by atoms with van der Waals surface area (Å²) < 4.78 is 1.76. The Hall–Kier alpha value is -2.55. The molecule has 153 valence electrons. The molecule has 30 heavy (non-hydrogen) atoms. The first-order chi connectivity index (χ1) is 14.3. The van der Waals surface area contributed by atoms with E-state index in [1.54, 1.807) is 4.68 Å². The zero-order valence-electron chi connectivity index (χ0n) is 16.6. The van der Waals surface area contributed by atoms with Crippen LogP contribution in [0, 0.1) is 0 Å². The SMILES string of the molecule is Cn1nnc2ccccc21.[Au].c1ccc([PH+](c2ccccc2)c2ccccc2)cc1. The summed E-state index contributed by atoms with van der Waals surface area (Å²) in [6.45, 7) is 0. The quantitative estimate of drug-likeness (QED) is 0.233. The second-order valence-corrected chi connectivity index (χ2v) is 9.16. The number of benzene rings is 4. The summed E-state index contributed by atoms with van der Waals surface area (Å²) in [4.78, 5) is 0. The summed E-state index contributed by atoms with van der Waals surface area (Å²) in [5.74, 6) is 0. The normalized spacial score (nSPS) is 10.2. The Morgan fingerprint density at radius 2 is 0.967 bits per heavy atom. The van der Waals surface area contributed by atoms with Gasteiger partial charge in [0.1, 0.15) is 21.4 Å². The van der Waals surface area contributed by atoms with Gasteiger partial charge in [-0.05, 0) is 48.5 Å². The molecular formula is C25H23AuN3P+. The molecule has 1 heterocycles. The van der Waals surface area contributed by atoms with E-state index in [0.717, 1.165) is 11.0 Å². The monoisotopic (exact) mass is 593 g/mol. The van der Waals surface area contributed by atoms with Crippen LogP contribution in [0.2, 0.25) is 0 Å². The van der Waals surface area contributed by atoms with Crippen LogP contribution in [0.15, 0.2) is 115 Å². The van der Waals surface area contributed by atoms with Crippen molar-refractivity contribution >= 4 is 34.9 Å². The molecule has 3 nitrogen and oxygen atoms in total. The van der Waals surface area contributed by atoms with E-state index >= 15 is 0 Å². The standard InChI is InChI=1S/C18H15P.C7H7N3.Au/c1-4-10-16(11-5-1)19(17-12-6-2-7-13-17)18-14-8-3-9-15-18;1-10-7-5-3-2-4-6(7)8-9-10;/h1-15H;2-5H,1H3;/p+1. The Morgan fingerprint density at radius 1 is 0.567 bits per heavy atom. The van der Waals surface area contributed by atoms with E-state index in [4.69, 9.17) is 0 Å². The number of hydrogen-bond acceptors (Lipinski definition) is 2. The summed E-state index contributed by atoms with van der Waals surface area (Å²) in [5, 5.41) is 12.1. The second kappa shape index (κ2) is 11.0. The van der Waals surface area contributed by atoms with Crippen molar-refractivity contribution in [2.45, 2.75) is 0 Å². The summed E-state index contributed by atoms with van der Waals surface area (Å²) in [7, 11) is 1.01. The minimum atomic E-state index is -0.877. The molecule has 0 N–H and O–H groups in total. The molecule has 5 rings (SSSR count). The van der Waals surface area contributed by atoms with Gasteiger partial charge in [-0.2, -0.15) is 0 Å². The Bertz CT molecular complexity index is 1070. The molecule has 0 saturated heterocycles. The van der Waals surface area contributed by atoms with E-state index in [0.29, 0.717) is 0 Å². The maximum Gasteiger partial charge on any atom is 0.113 e. The van der Waals surface area contributed by atoms with E-state index in [-0.39, 0.29) is 22.4 Å². The van der Waals surface area contributed by atoms with Crippen molar-refractivity contribution in [3.8, 4) is 0 Å². The molecule has 0 aliphatic carbocycles. The van der Waals surface area contributed by atoms with E-state index < -0.39 is 7.92 Å². The van der Waals surface area contributed by atoms with Gasteiger partial charge in [0.25, 0.3) is 0 Å². The summed E-state index contributed by atoms with van der Waals surface area (Å²) >= 11 is 0. The molecule has 0 fully saturated rings. The molecule has 0 aliphatic rings. The molecule has 0 spiro atoms. The van der Waals surface area contributed by atoms with E-state index in [9.17, 15) is 0 Å². The first-order valence-electron chi connectivity index (χ1n) is 9.60. The second-order valence-electron chi connectivity index (χ2n) is 6.67. The fraction of sp³-hybridized carbons (Fsp3) is 0.0400. The molecule has 4 aromatic carbocycles. The number of nitrogens with zero attached hydrogens (tertiary/aromatic N) is 3. The largest absolute Gasteiger partial charge is 0.248 e. The van der Waals surface area contributed by atoms with Crippen molar-refractivity contribution < 1.29 is 22.4 Å². The van der Waals surface area contributed by atoms with E-state index in [2.05, 4.69) is 101 Å². The fourth-order valence-electron chi connectivity index (χ4n) is 3.30. The number of para-hydroxylation sites is 1. The van der Waals surface area contributed by atoms with Crippen molar-refractivity contribution in [1.82, 2.24) is 15.0 Å². The molecule has 0 atom stereocenters. The van der Waals surface area contributed by atoms with Gasteiger partial charge in [0.15, 0.2) is 0 Å². The Kier molecular flexibility index (Phi) is 8.12. The van der Waals surface area contributed by atoms with Crippen molar-refractivity contribution in [2.24, 2.45) is 7.05 Å². The molecule has 0 saturated carbocycles. The van der Waals surface area contributed by atoms with E-state index in [1.807, 2.05) is 31.3 Å². The molecule has 1 aromatic heterocycles. The van der Waals surface area contributed by atoms with Crippen LogP contribution in [0.1, 0.15) is 0 Å². The van der Waals surface area contributed by atoms with Crippen LogP contribution in [0.4, 0.5) is 0 Å². The molecule has 0 amide bonds. The van der Waals surface area contributed by atoms with Crippen LogP contribution < -0.4 is 15.9 Å². The van der Waals surface area contributed by atoms with Crippen LogP contribution in [0.5, 0.6) is 0 Å². The van der Waals surface area contributed by atoms with Gasteiger partial charge in [-0.15, -0.1) is 5.10 Å². The van der Waals surface area contributed by atoms with Gasteiger partial charge in [-0.25, -0.2) is 4.68 Å². The smallest absolute Gasteiger partial charge is 0.113 e. The van der Waals surface area contributed by atoms with Gasteiger partial charge in [-0.3, -0.25) is 0 Å². The topological polar surface area (TPSA) is 30.7 Å². The minimum Gasteiger partial charge on any atom is -0.248 e. The van der Waals surface area contributed by atoms with Gasteiger partial charge >= 0.3 is 0 Å². The molecule has 0 unspecified atom stereocenters. The van der Waals surface area contributed by atoms with Gasteiger partial charge in [-0.1, -0.05) is 71.9 Å². The van der Waals surface area contributed by atoms with Gasteiger partial charge in [0.05, 0.1) is 13.4 Å². The van der Waals surface area contributed by atoms with Gasteiger partial charge in [0, 0.05) is 29.4 Å². The van der Waals surface area contributed by atoms with Crippen LogP contribution in [-0.4, -0.2) is 15.0 Å². The number of aromatic nitrogens is 3. The summed E-state index contributed by atoms with van der Waals surface area (Å²) in [6, 6.07) is 40.4. The number of fused-ring (bicyclic) bond motifs is 1. The summed E-state index contributed by atoms with van der Waals surface area (Å²) in [6.07, 6.45) is 0. The molecule has 0 bridgehead atoms. The van der Waals surface area contributed by atoms with Gasteiger partial charge < -0.3 is 0 Å². The number of hydrogen-bond donors (Lipinski definition) is 0. The molecule has 5 aromatic rings. The third-order valence-electron chi connectivity index (χ3n) is 4.70. The zero-order valence-corrected chi connectivity index (χ0v) is 19.8. The summed E-state index contributed by atoms with van der Waals surface area (Å²) in [5.41, 5.74) is 2.02. The van der Waals surface area contributed by atoms with Gasteiger partial charge in [0.2, 0.25) is 0 Å². The Balaban J connectivity index is 0.000000197. The number of aryl methyl sites for hydroxylation is 1. The molecule has 0 aliphatic heterocycles. The van der Waals surface area contributed by atoms with Crippen LogP contribution in [0.25, 0.3) is 11.0 Å². The van der Waals surface area contributed by atoms with Crippen molar-refractivity contribution in [2.75, 3.05) is 0 Å². The van der Waals surface area contributed by atoms with Crippen molar-refractivity contribution in [3.05, 3.63) is 115 Å². The molecule has 1 radical (unpaired) electrons. The number of rotatable bonds is 3. The Morgan fingerprint density at radius 3 is 1.40 bits per heavy atom. The molecular weight excluding hydrogens is 570 g/mol. The predicted octanol–water partition coefficient (Wildman–Crippen LogP) is 4.14. The minimum absolute atomic E-state index is 0. The molecule has 5 heteroatoms. The Labute approximate surface area is 194 Å². The van der Waals surface area contributed by atoms with Crippen LogP contribution >= 0.6 is 7.92 Å². The first kappa shape index (κ1) is 22.1. The maximum absolute atomic E-state index is 3.93. The predicted molar refractivity (Wildman–Crippen MR) is 125 cm³/mol. The third kappa shape index (κ3) is 5.33. The maximum atomic E-state index is 3.93. The average molecular weight is 593 g/mol. The van der Waals surface area contributed by atoms with Crippen molar-refractivity contribution in [3.63, 3.8) is 0 Å². The van der Waals surface area contributed by atoms with Crippen LogP contribution in [-0.2, 0) is 29.4 Å². The zero-order chi connectivity index (χ0) is 19.9. The fourth-order valence-corrected chi connectivity index (χ4v) is 5.88. The first-order valence-corrected chi connectivity index (χ1v) is 11.1.